The molecular weight excluding hydrogens is 243 g/mol. The number of rotatable bonds is 10. The van der Waals surface area contributed by atoms with Crippen molar-refractivity contribution >= 4 is 28.9 Å². The van der Waals surface area contributed by atoms with Gasteiger partial charge >= 0.3 is 0 Å². The molecule has 0 amide bonds. The van der Waals surface area contributed by atoms with Crippen LogP contribution in [0.1, 0.15) is 70.6 Å². The quantitative estimate of drug-likeness (QED) is 0.257. The standard InChI is InChI=1S/C12H26Cl2Si/c1-3-5-7-9-11-15(13,14)12-10-8-6-4-2/h3-12H2,1-2H3/i1D3,11D. The van der Waals surface area contributed by atoms with Crippen LogP contribution >= 0.6 is 22.2 Å². The number of halogens is 2. The summed E-state index contributed by atoms with van der Waals surface area (Å²) in [6.45, 7) is -2.18. The molecule has 0 bridgehead atoms. The van der Waals surface area contributed by atoms with Crippen molar-refractivity contribution < 1.29 is 5.48 Å². The van der Waals surface area contributed by atoms with Gasteiger partial charge in [-0.25, -0.2) is 0 Å². The minimum absolute atomic E-state index is 0.218. The third-order valence-electron chi connectivity index (χ3n) is 2.44. The van der Waals surface area contributed by atoms with Crippen LogP contribution in [0.3, 0.4) is 0 Å². The van der Waals surface area contributed by atoms with Gasteiger partial charge in [0.1, 0.15) is 0 Å². The topological polar surface area (TPSA) is 0 Å². The normalized spacial score (nSPS) is 18.9. The van der Waals surface area contributed by atoms with Crippen molar-refractivity contribution in [3.63, 3.8) is 0 Å². The molecule has 0 aliphatic heterocycles. The van der Waals surface area contributed by atoms with Gasteiger partial charge in [-0.3, -0.25) is 0 Å². The van der Waals surface area contributed by atoms with Crippen LogP contribution in [0, 0.1) is 0 Å². The van der Waals surface area contributed by atoms with Gasteiger partial charge in [-0.2, -0.15) is 0 Å². The summed E-state index contributed by atoms with van der Waals surface area (Å²) in [6, 6.07) is 0.387. The Kier molecular flexibility index (Phi) is 6.52. The van der Waals surface area contributed by atoms with Crippen LogP contribution in [0.5, 0.6) is 0 Å². The monoisotopic (exact) mass is 272 g/mol. The molecule has 0 heterocycles. The van der Waals surface area contributed by atoms with Crippen molar-refractivity contribution in [1.82, 2.24) is 0 Å². The fraction of sp³-hybridized carbons (Fsp3) is 1.00. The fourth-order valence-corrected chi connectivity index (χ4v) is 4.48. The first-order valence-corrected chi connectivity index (χ1v) is 10.3. The average molecular weight is 273 g/mol. The summed E-state index contributed by atoms with van der Waals surface area (Å²) >= 11 is 12.7. The van der Waals surface area contributed by atoms with Gasteiger partial charge in [0.25, 0.3) is 6.69 Å². The van der Waals surface area contributed by atoms with Crippen molar-refractivity contribution in [1.29, 1.82) is 0 Å². The molecule has 0 aliphatic carbocycles. The van der Waals surface area contributed by atoms with Gasteiger partial charge in [0, 0.05) is 5.48 Å². The van der Waals surface area contributed by atoms with Gasteiger partial charge in [0.2, 0.25) is 0 Å². The number of unbranched alkanes of at least 4 members (excludes halogenated alkanes) is 4. The molecule has 0 aliphatic rings. The second-order valence-corrected chi connectivity index (χ2v) is 11.1. The first-order chi connectivity index (χ1) is 8.69. The van der Waals surface area contributed by atoms with E-state index in [1.165, 1.54) is 12.8 Å². The van der Waals surface area contributed by atoms with Crippen LogP contribution < -0.4 is 0 Å². The van der Waals surface area contributed by atoms with Crippen LogP contribution in [-0.4, -0.2) is 6.69 Å². The van der Waals surface area contributed by atoms with Crippen molar-refractivity contribution in [2.24, 2.45) is 0 Å². The molecule has 0 aromatic rings. The zero-order valence-corrected chi connectivity index (χ0v) is 12.2. The summed E-state index contributed by atoms with van der Waals surface area (Å²) in [5.41, 5.74) is 0. The Morgan fingerprint density at radius 1 is 1.00 bits per heavy atom. The van der Waals surface area contributed by atoms with E-state index in [1.54, 1.807) is 0 Å². The van der Waals surface area contributed by atoms with Gasteiger partial charge in [0.05, 0.1) is 0 Å². The van der Waals surface area contributed by atoms with E-state index in [2.05, 4.69) is 6.92 Å². The van der Waals surface area contributed by atoms with Crippen molar-refractivity contribution in [3.8, 4) is 0 Å². The molecule has 0 N–H and O–H groups in total. The molecule has 15 heavy (non-hydrogen) atoms. The van der Waals surface area contributed by atoms with Crippen molar-refractivity contribution in [2.45, 2.75) is 77.2 Å². The van der Waals surface area contributed by atoms with E-state index in [0.29, 0.717) is 12.8 Å². The maximum atomic E-state index is 8.05. The van der Waals surface area contributed by atoms with Crippen molar-refractivity contribution in [3.05, 3.63) is 0 Å². The molecule has 0 radical (unpaired) electrons. The molecule has 0 spiro atoms. The predicted molar refractivity (Wildman–Crippen MR) is 75.4 cm³/mol. The molecule has 0 fully saturated rings. The Balaban J connectivity index is 3.80. The zero-order chi connectivity index (χ0) is 14.9. The van der Waals surface area contributed by atoms with E-state index < -0.39 is 19.6 Å². The van der Waals surface area contributed by atoms with Crippen molar-refractivity contribution in [2.75, 3.05) is 0 Å². The fourth-order valence-electron chi connectivity index (χ4n) is 1.47. The van der Waals surface area contributed by atoms with E-state index in [9.17, 15) is 0 Å². The second-order valence-electron chi connectivity index (χ2n) is 4.02. The lowest BCUT2D eigenvalue weighted by Gasteiger charge is -2.16. The second kappa shape index (κ2) is 9.98. The minimum atomic E-state index is -2.48. The van der Waals surface area contributed by atoms with Gasteiger partial charge < -0.3 is 0 Å². The van der Waals surface area contributed by atoms with E-state index in [0.717, 1.165) is 25.3 Å². The third-order valence-corrected chi connectivity index (χ3v) is 6.40. The lowest BCUT2D eigenvalue weighted by molar-refractivity contribution is 0.687. The van der Waals surface area contributed by atoms with Crippen LogP contribution in [0.4, 0.5) is 0 Å². The molecule has 1 atom stereocenters. The largest absolute Gasteiger partial charge is 0.251 e. The highest BCUT2D eigenvalue weighted by Gasteiger charge is 2.26. The molecule has 1 unspecified atom stereocenters. The summed E-state index contributed by atoms with van der Waals surface area (Å²) < 4.78 is 29.4. The van der Waals surface area contributed by atoms with Gasteiger partial charge in [-0.1, -0.05) is 65.1 Å². The lowest BCUT2D eigenvalue weighted by Crippen LogP contribution is -2.18. The Morgan fingerprint density at radius 2 is 1.67 bits per heavy atom. The third kappa shape index (κ3) is 11.1. The molecule has 0 aromatic heterocycles. The van der Waals surface area contributed by atoms with E-state index in [-0.39, 0.29) is 6.42 Å². The number of hydrogen-bond donors (Lipinski definition) is 0. The maximum absolute atomic E-state index is 8.05. The van der Waals surface area contributed by atoms with Crippen LogP contribution in [0.2, 0.25) is 12.1 Å². The summed E-state index contributed by atoms with van der Waals surface area (Å²) in [6.07, 6.45) is 6.72. The summed E-state index contributed by atoms with van der Waals surface area (Å²) in [5.74, 6) is 0. The smallest absolute Gasteiger partial charge is 0.146 e. The van der Waals surface area contributed by atoms with E-state index >= 15 is 0 Å². The molecule has 0 saturated carbocycles. The highest BCUT2D eigenvalue weighted by atomic mass is 35.7. The van der Waals surface area contributed by atoms with E-state index in [1.807, 2.05) is 0 Å². The Labute approximate surface area is 112 Å². The molecule has 3 heteroatoms. The first kappa shape index (κ1) is 9.79. The van der Waals surface area contributed by atoms with Gasteiger partial charge in [-0.15, -0.1) is 22.2 Å². The molecular formula is C12H26Cl2Si. The molecule has 0 saturated heterocycles. The van der Waals surface area contributed by atoms with Gasteiger partial charge in [-0.05, 0) is 12.1 Å². The Morgan fingerprint density at radius 3 is 2.33 bits per heavy atom. The Hall–Kier alpha value is 0.797. The summed E-state index contributed by atoms with van der Waals surface area (Å²) in [7, 11) is 0. The van der Waals surface area contributed by atoms with E-state index in [4.69, 9.17) is 27.6 Å². The molecule has 92 valence electrons. The SMILES string of the molecule is [2H]C(CCCCC([2H])([2H])[2H])[Si](Cl)(Cl)CCCCCC. The summed E-state index contributed by atoms with van der Waals surface area (Å²) in [4.78, 5) is 0. The molecule has 0 nitrogen and oxygen atoms in total. The molecule has 0 aromatic carbocycles. The van der Waals surface area contributed by atoms with Crippen LogP contribution in [0.15, 0.2) is 0 Å². The molecule has 0 rings (SSSR count). The number of hydrogen-bond acceptors (Lipinski definition) is 0. The zero-order valence-electron chi connectivity index (χ0n) is 13.7. The maximum Gasteiger partial charge on any atom is 0.251 e. The Bertz CT molecular complexity index is 234. The minimum Gasteiger partial charge on any atom is -0.146 e. The van der Waals surface area contributed by atoms with Gasteiger partial charge in [0.15, 0.2) is 0 Å². The highest BCUT2D eigenvalue weighted by molar-refractivity contribution is 7.45. The summed E-state index contributed by atoms with van der Waals surface area (Å²) in [5, 5.41) is 0. The predicted octanol–water partition coefficient (Wildman–Crippen LogP) is 6.07. The van der Waals surface area contributed by atoms with Crippen LogP contribution in [0.25, 0.3) is 0 Å². The first-order valence-electron chi connectivity index (χ1n) is 8.07. The lowest BCUT2D eigenvalue weighted by atomic mass is 10.2. The highest BCUT2D eigenvalue weighted by Crippen LogP contribution is 2.30. The van der Waals surface area contributed by atoms with Crippen LogP contribution in [-0.2, 0) is 0 Å². The average Bonchev–Trinajstić information content (AvgIpc) is 2.28.